The van der Waals surface area contributed by atoms with Gasteiger partial charge in [-0.15, -0.1) is 11.3 Å². The van der Waals surface area contributed by atoms with Gasteiger partial charge in [-0.3, -0.25) is 4.79 Å². The monoisotopic (exact) mass is 480 g/mol. The molecule has 2 aromatic heterocycles. The highest BCUT2D eigenvalue weighted by Crippen LogP contribution is 2.31. The van der Waals surface area contributed by atoms with Gasteiger partial charge in [-0.1, -0.05) is 12.1 Å². The van der Waals surface area contributed by atoms with E-state index in [1.165, 1.54) is 4.88 Å². The number of thiophene rings is 1. The maximum Gasteiger partial charge on any atom is 0.257 e. The van der Waals surface area contributed by atoms with Crippen molar-refractivity contribution >= 4 is 22.9 Å². The van der Waals surface area contributed by atoms with Crippen LogP contribution in [0.3, 0.4) is 0 Å². The van der Waals surface area contributed by atoms with E-state index in [0.29, 0.717) is 24.5 Å². The summed E-state index contributed by atoms with van der Waals surface area (Å²) >= 11 is 1.72. The summed E-state index contributed by atoms with van der Waals surface area (Å²) in [6.07, 6.45) is 2.53. The first-order chi connectivity index (χ1) is 16.5. The van der Waals surface area contributed by atoms with Crippen LogP contribution in [0.5, 0.6) is 11.6 Å². The van der Waals surface area contributed by atoms with Crippen molar-refractivity contribution in [3.8, 4) is 11.6 Å². The molecule has 1 aromatic carbocycles. The quantitative estimate of drug-likeness (QED) is 0.493. The Morgan fingerprint density at radius 3 is 2.79 bits per heavy atom. The molecular weight excluding hydrogens is 448 g/mol. The summed E-state index contributed by atoms with van der Waals surface area (Å²) in [6, 6.07) is 12.2. The minimum atomic E-state index is -0.0148. The molecule has 3 aromatic rings. The largest absolute Gasteiger partial charge is 0.485 e. The van der Waals surface area contributed by atoms with Crippen LogP contribution in [0.15, 0.2) is 48.0 Å². The molecule has 3 heterocycles. The van der Waals surface area contributed by atoms with Crippen molar-refractivity contribution in [3.05, 3.63) is 69.5 Å². The predicted octanol–water partition coefficient (Wildman–Crippen LogP) is 4.28. The number of carbonyl (C=O) groups excluding carboxylic acids is 1. The molecule has 8 heteroatoms. The Balaban J connectivity index is 1.50. The van der Waals surface area contributed by atoms with Gasteiger partial charge >= 0.3 is 0 Å². The second-order valence-corrected chi connectivity index (χ2v) is 9.47. The lowest BCUT2D eigenvalue weighted by molar-refractivity contribution is 0.0754. The van der Waals surface area contributed by atoms with E-state index in [1.807, 2.05) is 31.1 Å². The molecule has 0 saturated carbocycles. The number of aryl methyl sites for hydroxylation is 1. The van der Waals surface area contributed by atoms with E-state index in [2.05, 4.69) is 51.8 Å². The Hall–Kier alpha value is -3.10. The molecule has 1 unspecified atom stereocenters. The van der Waals surface area contributed by atoms with Crippen LogP contribution in [0.4, 0.5) is 5.69 Å². The molecule has 0 radical (unpaired) electrons. The lowest BCUT2D eigenvalue weighted by atomic mass is 10.1. The van der Waals surface area contributed by atoms with Crippen molar-refractivity contribution < 1.29 is 14.3 Å². The molecule has 34 heavy (non-hydrogen) atoms. The fourth-order valence-corrected chi connectivity index (χ4v) is 4.92. The van der Waals surface area contributed by atoms with Crippen molar-refractivity contribution in [1.82, 2.24) is 15.2 Å². The van der Waals surface area contributed by atoms with Crippen LogP contribution in [0.25, 0.3) is 0 Å². The second-order valence-electron chi connectivity index (χ2n) is 8.49. The number of amides is 1. The van der Waals surface area contributed by atoms with Gasteiger partial charge in [-0.2, -0.15) is 0 Å². The number of nitrogens with one attached hydrogen (secondary N) is 1. The molecular formula is C26H32N4O3S. The van der Waals surface area contributed by atoms with E-state index in [9.17, 15) is 4.79 Å². The predicted molar refractivity (Wildman–Crippen MR) is 136 cm³/mol. The third-order valence-electron chi connectivity index (χ3n) is 6.17. The first-order valence-corrected chi connectivity index (χ1v) is 12.4. The number of ether oxygens (including phenoxy) is 2. The average Bonchev–Trinajstić information content (AvgIpc) is 3.36. The summed E-state index contributed by atoms with van der Waals surface area (Å²) in [7, 11) is 5.53. The zero-order valence-corrected chi connectivity index (χ0v) is 21.0. The SMILES string of the molecule is CNCCC(Oc1ccc(CN2CCN(C)c3cc(OC)ncc3C2=O)c(C)c1)c1cccs1. The lowest BCUT2D eigenvalue weighted by Gasteiger charge is -2.23. The summed E-state index contributed by atoms with van der Waals surface area (Å²) in [5.74, 6) is 1.34. The normalized spacial score (nSPS) is 14.5. The van der Waals surface area contributed by atoms with Gasteiger partial charge in [0, 0.05) is 50.2 Å². The number of fused-ring (bicyclic) bond motifs is 1. The first kappa shape index (κ1) is 24.0. The summed E-state index contributed by atoms with van der Waals surface area (Å²) in [6.45, 7) is 4.87. The van der Waals surface area contributed by atoms with Crippen LogP contribution in [-0.4, -0.2) is 56.6 Å². The van der Waals surface area contributed by atoms with Gasteiger partial charge < -0.3 is 24.6 Å². The second kappa shape index (κ2) is 10.9. The number of hydrogen-bond acceptors (Lipinski definition) is 7. The van der Waals surface area contributed by atoms with Crippen molar-refractivity contribution in [1.29, 1.82) is 0 Å². The Morgan fingerprint density at radius 2 is 2.09 bits per heavy atom. The molecule has 4 rings (SSSR count). The molecule has 0 aliphatic carbocycles. The van der Waals surface area contributed by atoms with E-state index in [0.717, 1.165) is 42.1 Å². The van der Waals surface area contributed by atoms with Crippen LogP contribution in [0, 0.1) is 6.92 Å². The maximum absolute atomic E-state index is 13.3. The van der Waals surface area contributed by atoms with E-state index in [4.69, 9.17) is 9.47 Å². The number of anilines is 1. The number of aromatic nitrogens is 1. The highest BCUT2D eigenvalue weighted by molar-refractivity contribution is 7.10. The number of nitrogens with zero attached hydrogens (tertiary/aromatic N) is 3. The minimum Gasteiger partial charge on any atom is -0.485 e. The van der Waals surface area contributed by atoms with Gasteiger partial charge in [0.1, 0.15) is 11.9 Å². The number of carbonyl (C=O) groups is 1. The Bertz CT molecular complexity index is 1120. The van der Waals surface area contributed by atoms with Crippen LogP contribution >= 0.6 is 11.3 Å². The topological polar surface area (TPSA) is 66.9 Å². The zero-order chi connectivity index (χ0) is 24.1. The number of methoxy groups -OCH3 is 1. The molecule has 1 aliphatic rings. The molecule has 180 valence electrons. The zero-order valence-electron chi connectivity index (χ0n) is 20.2. The summed E-state index contributed by atoms with van der Waals surface area (Å²) < 4.78 is 11.6. The highest BCUT2D eigenvalue weighted by Gasteiger charge is 2.26. The fourth-order valence-electron chi connectivity index (χ4n) is 4.13. The summed E-state index contributed by atoms with van der Waals surface area (Å²) in [4.78, 5) is 22.8. The standard InChI is InChI=1S/C26H32N4O3S/c1-18-14-20(33-23(9-10-27-2)24-6-5-13-34-24)8-7-19(18)17-30-12-11-29(3)22-15-25(32-4)28-16-21(22)26(30)31/h5-8,13-16,23,27H,9-12,17H2,1-4H3. The van der Waals surface area contributed by atoms with Crippen LogP contribution < -0.4 is 19.7 Å². The number of likely N-dealkylation sites (N-methyl/N-ethyl adjacent to an activating group) is 1. The number of benzene rings is 1. The van der Waals surface area contributed by atoms with Crippen molar-refractivity contribution in [2.75, 3.05) is 45.7 Å². The van der Waals surface area contributed by atoms with Crippen LogP contribution in [-0.2, 0) is 6.54 Å². The molecule has 0 saturated heterocycles. The molecule has 0 bridgehead atoms. The molecule has 0 spiro atoms. The average molecular weight is 481 g/mol. The van der Waals surface area contributed by atoms with Crippen molar-refractivity contribution in [2.45, 2.75) is 26.0 Å². The van der Waals surface area contributed by atoms with Gasteiger partial charge in [-0.05, 0) is 55.2 Å². The molecule has 7 nitrogen and oxygen atoms in total. The Morgan fingerprint density at radius 1 is 1.24 bits per heavy atom. The first-order valence-electron chi connectivity index (χ1n) is 11.5. The van der Waals surface area contributed by atoms with Gasteiger partial charge in [0.2, 0.25) is 5.88 Å². The van der Waals surface area contributed by atoms with E-state index in [-0.39, 0.29) is 12.0 Å². The highest BCUT2D eigenvalue weighted by atomic mass is 32.1. The van der Waals surface area contributed by atoms with E-state index < -0.39 is 0 Å². The van der Waals surface area contributed by atoms with Crippen molar-refractivity contribution in [3.63, 3.8) is 0 Å². The summed E-state index contributed by atoms with van der Waals surface area (Å²) in [5, 5.41) is 5.29. The lowest BCUT2D eigenvalue weighted by Crippen LogP contribution is -2.33. The molecule has 0 fully saturated rings. The van der Waals surface area contributed by atoms with Crippen LogP contribution in [0.2, 0.25) is 0 Å². The summed E-state index contributed by atoms with van der Waals surface area (Å²) in [5.41, 5.74) is 3.66. The molecule has 1 aliphatic heterocycles. The van der Waals surface area contributed by atoms with E-state index in [1.54, 1.807) is 24.6 Å². The third-order valence-corrected chi connectivity index (χ3v) is 7.14. The third kappa shape index (κ3) is 5.34. The molecule has 1 amide bonds. The number of hydrogen-bond donors (Lipinski definition) is 1. The van der Waals surface area contributed by atoms with E-state index >= 15 is 0 Å². The van der Waals surface area contributed by atoms with Gasteiger partial charge in [0.05, 0.1) is 18.4 Å². The van der Waals surface area contributed by atoms with Crippen LogP contribution in [0.1, 0.15) is 38.9 Å². The maximum atomic E-state index is 13.3. The smallest absolute Gasteiger partial charge is 0.257 e. The van der Waals surface area contributed by atoms with Gasteiger partial charge in [0.15, 0.2) is 0 Å². The minimum absolute atomic E-state index is 0.0148. The van der Waals surface area contributed by atoms with Gasteiger partial charge in [0.25, 0.3) is 5.91 Å². The van der Waals surface area contributed by atoms with Crippen molar-refractivity contribution in [2.24, 2.45) is 0 Å². The number of pyridine rings is 1. The number of rotatable bonds is 9. The molecule has 1 N–H and O–H groups in total. The Labute approximate surface area is 205 Å². The van der Waals surface area contributed by atoms with Gasteiger partial charge in [-0.25, -0.2) is 4.98 Å². The molecule has 1 atom stereocenters. The fraction of sp³-hybridized carbons (Fsp3) is 0.385. The Kier molecular flexibility index (Phi) is 7.70.